The van der Waals surface area contributed by atoms with Crippen molar-refractivity contribution in [1.82, 2.24) is 39.1 Å². The smallest absolute Gasteiger partial charge is 0.147 e. The number of hydrogen-bond acceptors (Lipinski definition) is 5. The molecule has 2 aliphatic carbocycles. The number of benzene rings is 4. The minimum absolute atomic E-state index is 0.187. The van der Waals surface area contributed by atoms with Gasteiger partial charge in [-0.2, -0.15) is 20.4 Å². The van der Waals surface area contributed by atoms with E-state index in [1.165, 1.54) is 84.6 Å². The first kappa shape index (κ1) is 38.1. The zero-order valence-electron chi connectivity index (χ0n) is 35.3. The van der Waals surface area contributed by atoms with Gasteiger partial charge in [0.05, 0.1) is 69.7 Å². The van der Waals surface area contributed by atoms with Gasteiger partial charge in [-0.15, -0.1) is 0 Å². The van der Waals surface area contributed by atoms with E-state index in [2.05, 4.69) is 120 Å². The summed E-state index contributed by atoms with van der Waals surface area (Å²) in [6, 6.07) is 35.2. The lowest BCUT2D eigenvalue weighted by Crippen LogP contribution is -2.16. The zero-order chi connectivity index (χ0) is 40.9. The fraction of sp³-hybridized carbons (Fsp3) is 0.353. The minimum atomic E-state index is -0.268. The predicted octanol–water partition coefficient (Wildman–Crippen LogP) is 11.9. The third kappa shape index (κ3) is 6.68. The van der Waals surface area contributed by atoms with Gasteiger partial charge < -0.3 is 0 Å². The molecule has 2 fully saturated rings. The molecule has 304 valence electrons. The van der Waals surface area contributed by atoms with Gasteiger partial charge in [-0.1, -0.05) is 102 Å². The van der Waals surface area contributed by atoms with Crippen LogP contribution in [0.1, 0.15) is 125 Å². The number of carbonyl (C=O) groups is 1. The minimum Gasteiger partial charge on any atom is -0.298 e. The number of fused-ring (bicyclic) bond motifs is 2. The normalized spacial score (nSPS) is 16.1. The standard InChI is InChI=1S/C51H54N8O/c1-5-45-43-25-19-37(31-49(43)58(54-45)39-11-7-8-12-39)47-27-29-52-56(47)41-21-15-35(16-22-41)33(3)51(60)34(4)36-17-23-42(24-18-36)57-48(28-30-53-57)38-20-26-44-46(6-2)55-59(50(44)32-38)40-13-9-10-14-40/h15-34,39-40H,5-14H2,1-4H3. The van der Waals surface area contributed by atoms with Gasteiger partial charge in [-0.3, -0.25) is 14.2 Å². The van der Waals surface area contributed by atoms with Crippen LogP contribution in [-0.2, 0) is 17.6 Å². The highest BCUT2D eigenvalue weighted by Gasteiger charge is 2.26. The molecule has 4 aromatic carbocycles. The van der Waals surface area contributed by atoms with Crippen molar-refractivity contribution in [1.29, 1.82) is 0 Å². The van der Waals surface area contributed by atoms with Crippen LogP contribution in [0.25, 0.3) is 55.7 Å². The second-order valence-corrected chi connectivity index (χ2v) is 17.1. The second kappa shape index (κ2) is 15.8. The van der Waals surface area contributed by atoms with E-state index < -0.39 is 0 Å². The van der Waals surface area contributed by atoms with Crippen LogP contribution in [-0.4, -0.2) is 44.9 Å². The van der Waals surface area contributed by atoms with Gasteiger partial charge in [0, 0.05) is 33.7 Å². The Kier molecular flexibility index (Phi) is 10.1. The molecule has 0 bridgehead atoms. The highest BCUT2D eigenvalue weighted by Crippen LogP contribution is 2.37. The van der Waals surface area contributed by atoms with Gasteiger partial charge in [0.15, 0.2) is 0 Å². The quantitative estimate of drug-likeness (QED) is 0.123. The van der Waals surface area contributed by atoms with Crippen LogP contribution >= 0.6 is 0 Å². The summed E-state index contributed by atoms with van der Waals surface area (Å²) < 4.78 is 8.58. The van der Waals surface area contributed by atoms with Crippen molar-refractivity contribution in [3.05, 3.63) is 132 Å². The summed E-state index contributed by atoms with van der Waals surface area (Å²) in [6.45, 7) is 8.41. The van der Waals surface area contributed by atoms with Crippen LogP contribution in [0.5, 0.6) is 0 Å². The molecule has 2 atom stereocenters. The van der Waals surface area contributed by atoms with E-state index in [9.17, 15) is 4.79 Å². The van der Waals surface area contributed by atoms with E-state index in [-0.39, 0.29) is 17.6 Å². The van der Waals surface area contributed by atoms with E-state index in [4.69, 9.17) is 20.4 Å². The number of hydrogen-bond donors (Lipinski definition) is 0. The Morgan fingerprint density at radius 2 is 0.967 bits per heavy atom. The lowest BCUT2D eigenvalue weighted by molar-refractivity contribution is -0.121. The van der Waals surface area contributed by atoms with Crippen molar-refractivity contribution in [2.45, 2.75) is 116 Å². The van der Waals surface area contributed by atoms with E-state index in [0.29, 0.717) is 12.1 Å². The van der Waals surface area contributed by atoms with Gasteiger partial charge in [0.25, 0.3) is 0 Å². The van der Waals surface area contributed by atoms with Gasteiger partial charge in [-0.25, -0.2) is 9.36 Å². The van der Waals surface area contributed by atoms with E-state index >= 15 is 0 Å². The lowest BCUT2D eigenvalue weighted by atomic mass is 9.86. The van der Waals surface area contributed by atoms with Gasteiger partial charge in [0.2, 0.25) is 0 Å². The highest BCUT2D eigenvalue weighted by atomic mass is 16.1. The summed E-state index contributed by atoms with van der Waals surface area (Å²) in [6.07, 6.45) is 15.4. The topological polar surface area (TPSA) is 88.3 Å². The molecule has 2 unspecified atom stereocenters. The van der Waals surface area contributed by atoms with Crippen molar-refractivity contribution in [3.8, 4) is 33.9 Å². The molecule has 4 aromatic heterocycles. The molecule has 4 heterocycles. The molecular weight excluding hydrogens is 741 g/mol. The highest BCUT2D eigenvalue weighted by molar-refractivity contribution is 5.91. The monoisotopic (exact) mass is 794 g/mol. The molecule has 60 heavy (non-hydrogen) atoms. The maximum atomic E-state index is 14.0. The molecule has 10 rings (SSSR count). The van der Waals surface area contributed by atoms with Gasteiger partial charge in [0.1, 0.15) is 5.78 Å². The predicted molar refractivity (Wildman–Crippen MR) is 240 cm³/mol. The Morgan fingerprint density at radius 3 is 1.35 bits per heavy atom. The summed E-state index contributed by atoms with van der Waals surface area (Å²) in [5, 5.41) is 22.1. The number of ketones is 1. The summed E-state index contributed by atoms with van der Waals surface area (Å²) in [4.78, 5) is 14.0. The van der Waals surface area contributed by atoms with Crippen LogP contribution in [0.2, 0.25) is 0 Å². The van der Waals surface area contributed by atoms with Crippen LogP contribution in [0.3, 0.4) is 0 Å². The summed E-state index contributed by atoms with van der Waals surface area (Å²) in [5.74, 6) is -0.349. The first-order chi connectivity index (χ1) is 29.4. The fourth-order valence-corrected chi connectivity index (χ4v) is 10.1. The molecule has 0 saturated heterocycles. The van der Waals surface area contributed by atoms with Crippen LogP contribution < -0.4 is 0 Å². The largest absolute Gasteiger partial charge is 0.298 e. The Labute approximate surface area is 352 Å². The van der Waals surface area contributed by atoms with Crippen molar-refractivity contribution >= 4 is 27.6 Å². The second-order valence-electron chi connectivity index (χ2n) is 17.1. The molecule has 2 saturated carbocycles. The van der Waals surface area contributed by atoms with Crippen molar-refractivity contribution in [2.24, 2.45) is 0 Å². The Bertz CT molecular complexity index is 2610. The fourth-order valence-electron chi connectivity index (χ4n) is 10.1. The molecule has 0 spiro atoms. The molecule has 0 N–H and O–H groups in total. The number of Topliss-reactive ketones (excluding diaryl/α,β-unsaturated/α-hetero) is 1. The molecular formula is C51H54N8O. The zero-order valence-corrected chi connectivity index (χ0v) is 35.3. The molecule has 0 aliphatic heterocycles. The maximum Gasteiger partial charge on any atom is 0.147 e. The van der Waals surface area contributed by atoms with Crippen LogP contribution in [0.15, 0.2) is 109 Å². The first-order valence-electron chi connectivity index (χ1n) is 22.3. The molecule has 2 aliphatic rings. The van der Waals surface area contributed by atoms with Gasteiger partial charge in [-0.05, 0) is 98.2 Å². The number of nitrogens with zero attached hydrogens (tertiary/aromatic N) is 8. The van der Waals surface area contributed by atoms with Crippen molar-refractivity contribution in [2.75, 3.05) is 0 Å². The third-order valence-electron chi connectivity index (χ3n) is 13.6. The Morgan fingerprint density at radius 1 is 0.567 bits per heavy atom. The van der Waals surface area contributed by atoms with E-state index in [0.717, 1.165) is 57.9 Å². The summed E-state index contributed by atoms with van der Waals surface area (Å²) >= 11 is 0. The van der Waals surface area contributed by atoms with Crippen molar-refractivity contribution < 1.29 is 4.79 Å². The number of aryl methyl sites for hydroxylation is 2. The number of aromatic nitrogens is 8. The lowest BCUT2D eigenvalue weighted by Gasteiger charge is -2.18. The third-order valence-corrected chi connectivity index (χ3v) is 13.6. The average Bonchev–Trinajstić information content (AvgIpc) is 4.15. The Balaban J connectivity index is 0.852. The maximum absolute atomic E-state index is 14.0. The number of carbonyl (C=O) groups excluding carboxylic acids is 1. The molecule has 8 aromatic rings. The molecule has 0 radical (unpaired) electrons. The van der Waals surface area contributed by atoms with E-state index in [1.54, 1.807) is 0 Å². The Hall–Kier alpha value is -6.09. The molecule has 9 nitrogen and oxygen atoms in total. The van der Waals surface area contributed by atoms with Crippen LogP contribution in [0.4, 0.5) is 0 Å². The molecule has 0 amide bonds. The van der Waals surface area contributed by atoms with Crippen molar-refractivity contribution in [3.63, 3.8) is 0 Å². The van der Waals surface area contributed by atoms with Crippen LogP contribution in [0, 0.1) is 0 Å². The van der Waals surface area contributed by atoms with E-state index in [1.807, 2.05) is 35.6 Å². The first-order valence-corrected chi connectivity index (χ1v) is 22.3. The summed E-state index contributed by atoms with van der Waals surface area (Å²) in [5.41, 5.74) is 13.0. The summed E-state index contributed by atoms with van der Waals surface area (Å²) in [7, 11) is 0. The molecule has 9 heteroatoms. The van der Waals surface area contributed by atoms with Gasteiger partial charge >= 0.3 is 0 Å². The average molecular weight is 795 g/mol. The SMILES string of the molecule is CCc1nn(C2CCCC2)c2cc(-c3ccnn3-c3ccc(C(C)C(=O)C(C)c4ccc(-n5nccc5-c5ccc6c(CC)nn(C7CCCC7)c6c5)cc4)cc3)ccc12. The number of rotatable bonds is 12.